The van der Waals surface area contributed by atoms with Crippen molar-refractivity contribution in [3.8, 4) is 0 Å². The summed E-state index contributed by atoms with van der Waals surface area (Å²) in [6, 6.07) is 3.42. The summed E-state index contributed by atoms with van der Waals surface area (Å²) in [5, 5.41) is 18.5. The zero-order valence-electron chi connectivity index (χ0n) is 12.1. The minimum absolute atomic E-state index is 0.106. The molecule has 0 fully saturated rings. The zero-order chi connectivity index (χ0) is 14.9. The Hall–Kier alpha value is -2.37. The van der Waals surface area contributed by atoms with Crippen LogP contribution in [0.2, 0.25) is 0 Å². The van der Waals surface area contributed by atoms with Crippen LogP contribution in [0.25, 0.3) is 0 Å². The number of nitrogens with one attached hydrogen (secondary N) is 1. The Bertz CT molecular complexity index is 661. The van der Waals surface area contributed by atoms with Crippen LogP contribution in [0.5, 0.6) is 0 Å². The molecule has 0 amide bonds. The molecule has 2 aromatic rings. The van der Waals surface area contributed by atoms with E-state index < -0.39 is 0 Å². The number of aromatic nitrogens is 2. The second-order valence-electron chi connectivity index (χ2n) is 4.98. The Morgan fingerprint density at radius 3 is 2.50 bits per heavy atom. The second-order valence-corrected chi connectivity index (χ2v) is 4.98. The number of benzene rings is 1. The van der Waals surface area contributed by atoms with Crippen LogP contribution >= 0.6 is 0 Å². The van der Waals surface area contributed by atoms with Gasteiger partial charge in [-0.25, -0.2) is 0 Å². The van der Waals surface area contributed by atoms with Crippen LogP contribution in [0.1, 0.15) is 22.4 Å². The van der Waals surface area contributed by atoms with Gasteiger partial charge in [-0.15, -0.1) is 0 Å². The van der Waals surface area contributed by atoms with E-state index in [1.54, 1.807) is 10.7 Å². The Morgan fingerprint density at radius 2 is 1.95 bits per heavy atom. The Morgan fingerprint density at radius 1 is 1.30 bits per heavy atom. The van der Waals surface area contributed by atoms with Crippen molar-refractivity contribution >= 4 is 11.4 Å². The number of aryl methyl sites for hydroxylation is 4. The molecule has 1 N–H and O–H groups in total. The van der Waals surface area contributed by atoms with Gasteiger partial charge in [-0.05, 0) is 38.0 Å². The number of nitro benzene ring substituents is 1. The lowest BCUT2D eigenvalue weighted by Gasteiger charge is -2.09. The van der Waals surface area contributed by atoms with Crippen LogP contribution in [0.15, 0.2) is 18.3 Å². The molecular formula is C14H18N4O2. The van der Waals surface area contributed by atoms with Crippen LogP contribution < -0.4 is 5.32 Å². The summed E-state index contributed by atoms with van der Waals surface area (Å²) in [7, 11) is 1.86. The van der Waals surface area contributed by atoms with Gasteiger partial charge in [-0.3, -0.25) is 14.8 Å². The maximum absolute atomic E-state index is 11.1. The van der Waals surface area contributed by atoms with Gasteiger partial charge in [-0.1, -0.05) is 0 Å². The molecule has 0 saturated carbocycles. The summed E-state index contributed by atoms with van der Waals surface area (Å²) in [5.41, 5.74) is 4.54. The van der Waals surface area contributed by atoms with Crippen molar-refractivity contribution in [3.05, 3.63) is 50.8 Å². The first-order chi connectivity index (χ1) is 9.38. The molecule has 6 nitrogen and oxygen atoms in total. The fraction of sp³-hybridized carbons (Fsp3) is 0.357. The maximum atomic E-state index is 11.1. The highest BCUT2D eigenvalue weighted by molar-refractivity contribution is 5.64. The van der Waals surface area contributed by atoms with E-state index in [9.17, 15) is 10.1 Å². The van der Waals surface area contributed by atoms with Gasteiger partial charge >= 0.3 is 0 Å². The predicted octanol–water partition coefficient (Wildman–Crippen LogP) is 2.87. The van der Waals surface area contributed by atoms with Crippen molar-refractivity contribution in [2.24, 2.45) is 7.05 Å². The molecule has 0 atom stereocenters. The highest BCUT2D eigenvalue weighted by atomic mass is 16.6. The van der Waals surface area contributed by atoms with Crippen molar-refractivity contribution in [2.75, 3.05) is 5.32 Å². The van der Waals surface area contributed by atoms with Crippen LogP contribution in [0.3, 0.4) is 0 Å². The van der Waals surface area contributed by atoms with E-state index in [-0.39, 0.29) is 10.6 Å². The molecule has 0 aliphatic rings. The molecule has 106 valence electrons. The molecule has 0 aliphatic heterocycles. The zero-order valence-corrected chi connectivity index (χ0v) is 12.1. The first kappa shape index (κ1) is 14.0. The lowest BCUT2D eigenvalue weighted by molar-refractivity contribution is -0.384. The van der Waals surface area contributed by atoms with Crippen molar-refractivity contribution in [1.29, 1.82) is 0 Å². The Labute approximate surface area is 117 Å². The number of rotatable bonds is 4. The standard InChI is InChI=1S/C14H18N4O2/c1-9-5-13(14(18(19)20)6-10(9)2)15-7-12-8-17(4)16-11(12)3/h5-6,8,15H,7H2,1-4H3. The van der Waals surface area contributed by atoms with Crippen LogP contribution in [-0.4, -0.2) is 14.7 Å². The van der Waals surface area contributed by atoms with Gasteiger partial charge in [0, 0.05) is 31.4 Å². The van der Waals surface area contributed by atoms with E-state index in [2.05, 4.69) is 10.4 Å². The number of hydrogen-bond donors (Lipinski definition) is 1. The molecule has 6 heteroatoms. The van der Waals surface area contributed by atoms with Crippen LogP contribution in [0.4, 0.5) is 11.4 Å². The minimum Gasteiger partial charge on any atom is -0.375 e. The van der Waals surface area contributed by atoms with Crippen molar-refractivity contribution < 1.29 is 4.92 Å². The van der Waals surface area contributed by atoms with Gasteiger partial charge in [0.05, 0.1) is 10.6 Å². The van der Waals surface area contributed by atoms with Crippen molar-refractivity contribution in [2.45, 2.75) is 27.3 Å². The van der Waals surface area contributed by atoms with E-state index in [0.717, 1.165) is 22.4 Å². The summed E-state index contributed by atoms with van der Waals surface area (Å²) in [4.78, 5) is 10.8. The van der Waals surface area contributed by atoms with Gasteiger partial charge in [0.15, 0.2) is 0 Å². The molecule has 0 saturated heterocycles. The Balaban J connectivity index is 2.27. The molecular weight excluding hydrogens is 256 g/mol. The molecule has 20 heavy (non-hydrogen) atoms. The molecule has 0 unspecified atom stereocenters. The average Bonchev–Trinajstić information content (AvgIpc) is 2.68. The molecule has 0 spiro atoms. The largest absolute Gasteiger partial charge is 0.375 e. The predicted molar refractivity (Wildman–Crippen MR) is 77.8 cm³/mol. The lowest BCUT2D eigenvalue weighted by Crippen LogP contribution is -2.04. The summed E-state index contributed by atoms with van der Waals surface area (Å²) in [5.74, 6) is 0. The van der Waals surface area contributed by atoms with Crippen molar-refractivity contribution in [1.82, 2.24) is 9.78 Å². The van der Waals surface area contributed by atoms with E-state index in [4.69, 9.17) is 0 Å². The third-order valence-corrected chi connectivity index (χ3v) is 3.39. The van der Waals surface area contributed by atoms with Gasteiger partial charge in [-0.2, -0.15) is 5.10 Å². The van der Waals surface area contributed by atoms with Crippen molar-refractivity contribution in [3.63, 3.8) is 0 Å². The average molecular weight is 274 g/mol. The fourth-order valence-corrected chi connectivity index (χ4v) is 2.11. The van der Waals surface area contributed by atoms with E-state index in [1.807, 2.05) is 40.1 Å². The topological polar surface area (TPSA) is 73.0 Å². The van der Waals surface area contributed by atoms with E-state index in [0.29, 0.717) is 12.2 Å². The summed E-state index contributed by atoms with van der Waals surface area (Å²) >= 11 is 0. The lowest BCUT2D eigenvalue weighted by atomic mass is 10.1. The van der Waals surface area contributed by atoms with Gasteiger partial charge in [0.2, 0.25) is 0 Å². The number of nitrogens with zero attached hydrogens (tertiary/aromatic N) is 3. The van der Waals surface area contributed by atoms with Gasteiger partial charge in [0.1, 0.15) is 5.69 Å². The number of hydrogen-bond acceptors (Lipinski definition) is 4. The highest BCUT2D eigenvalue weighted by Crippen LogP contribution is 2.28. The third-order valence-electron chi connectivity index (χ3n) is 3.39. The molecule has 0 bridgehead atoms. The summed E-state index contributed by atoms with van der Waals surface area (Å²) < 4.78 is 1.74. The van der Waals surface area contributed by atoms with E-state index >= 15 is 0 Å². The normalized spacial score (nSPS) is 10.6. The Kier molecular flexibility index (Phi) is 3.74. The smallest absolute Gasteiger partial charge is 0.292 e. The molecule has 1 aromatic carbocycles. The highest BCUT2D eigenvalue weighted by Gasteiger charge is 2.15. The summed E-state index contributed by atoms with van der Waals surface area (Å²) in [6.07, 6.45) is 1.91. The maximum Gasteiger partial charge on any atom is 0.292 e. The molecule has 2 rings (SSSR count). The van der Waals surface area contributed by atoms with E-state index in [1.165, 1.54) is 0 Å². The SMILES string of the molecule is Cc1cc(NCc2cn(C)nc2C)c([N+](=O)[O-])cc1C. The minimum atomic E-state index is -0.356. The summed E-state index contributed by atoms with van der Waals surface area (Å²) in [6.45, 7) is 6.26. The third kappa shape index (κ3) is 2.79. The van der Waals surface area contributed by atoms with Gasteiger partial charge in [0.25, 0.3) is 5.69 Å². The first-order valence-corrected chi connectivity index (χ1v) is 6.37. The molecule has 0 aliphatic carbocycles. The first-order valence-electron chi connectivity index (χ1n) is 6.37. The fourth-order valence-electron chi connectivity index (χ4n) is 2.11. The van der Waals surface area contributed by atoms with Crippen LogP contribution in [-0.2, 0) is 13.6 Å². The van der Waals surface area contributed by atoms with Gasteiger partial charge < -0.3 is 5.32 Å². The number of anilines is 1. The molecule has 0 radical (unpaired) electrons. The monoisotopic (exact) mass is 274 g/mol. The second kappa shape index (κ2) is 5.32. The quantitative estimate of drug-likeness (QED) is 0.687. The molecule has 1 aromatic heterocycles. The molecule has 1 heterocycles. The number of nitro groups is 1. The van der Waals surface area contributed by atoms with Crippen LogP contribution in [0, 0.1) is 30.9 Å².